The van der Waals surface area contributed by atoms with Gasteiger partial charge in [0.05, 0.1) is 5.69 Å². The van der Waals surface area contributed by atoms with Gasteiger partial charge in [-0.2, -0.15) is 5.10 Å². The van der Waals surface area contributed by atoms with Gasteiger partial charge in [-0.1, -0.05) is 0 Å². The maximum atomic E-state index is 9.93. The van der Waals surface area contributed by atoms with Crippen molar-refractivity contribution in [3.63, 3.8) is 0 Å². The van der Waals surface area contributed by atoms with Gasteiger partial charge >= 0.3 is 0 Å². The average molecular weight is 228 g/mol. The number of aliphatic hydroxyl groups excluding tert-OH is 1. The van der Waals surface area contributed by atoms with E-state index in [1.54, 1.807) is 4.68 Å². The standard InChI is InChI=1S/C11H20N2O3/c1-4-15-11(16-5-2)10(14)8-9-6-7-13(3)12-9/h6-7,10-11,14H,4-5,8H2,1-3H3. The number of aryl methyl sites for hydroxylation is 1. The summed E-state index contributed by atoms with van der Waals surface area (Å²) in [6.45, 7) is 4.78. The van der Waals surface area contributed by atoms with Crippen molar-refractivity contribution in [3.05, 3.63) is 18.0 Å². The van der Waals surface area contributed by atoms with Crippen molar-refractivity contribution < 1.29 is 14.6 Å². The van der Waals surface area contributed by atoms with Gasteiger partial charge in [-0.15, -0.1) is 0 Å². The van der Waals surface area contributed by atoms with Crippen molar-refractivity contribution in [2.24, 2.45) is 7.05 Å². The smallest absolute Gasteiger partial charge is 0.183 e. The molecule has 1 aromatic rings. The van der Waals surface area contributed by atoms with Gasteiger partial charge in [0.2, 0.25) is 0 Å². The van der Waals surface area contributed by atoms with Crippen LogP contribution in [0.1, 0.15) is 19.5 Å². The molecule has 0 saturated heterocycles. The van der Waals surface area contributed by atoms with Crippen LogP contribution < -0.4 is 0 Å². The minimum absolute atomic E-state index is 0.436. The fourth-order valence-corrected chi connectivity index (χ4v) is 1.48. The first-order valence-electron chi connectivity index (χ1n) is 5.57. The summed E-state index contributed by atoms with van der Waals surface area (Å²) >= 11 is 0. The van der Waals surface area contributed by atoms with Crippen LogP contribution in [0.2, 0.25) is 0 Å². The van der Waals surface area contributed by atoms with Gasteiger partial charge in [0.15, 0.2) is 6.29 Å². The summed E-state index contributed by atoms with van der Waals surface area (Å²) in [6, 6.07) is 1.87. The van der Waals surface area contributed by atoms with Gasteiger partial charge in [-0.05, 0) is 19.9 Å². The van der Waals surface area contributed by atoms with E-state index in [1.165, 1.54) is 0 Å². The van der Waals surface area contributed by atoms with Crippen LogP contribution in [0.4, 0.5) is 0 Å². The second-order valence-electron chi connectivity index (χ2n) is 3.53. The molecule has 5 heteroatoms. The molecule has 0 aliphatic carbocycles. The van der Waals surface area contributed by atoms with E-state index in [2.05, 4.69) is 5.10 Å². The molecule has 0 fully saturated rings. The van der Waals surface area contributed by atoms with E-state index in [1.807, 2.05) is 33.2 Å². The Morgan fingerprint density at radius 2 is 2.00 bits per heavy atom. The highest BCUT2D eigenvalue weighted by atomic mass is 16.7. The van der Waals surface area contributed by atoms with Crippen LogP contribution in [-0.2, 0) is 22.9 Å². The first-order chi connectivity index (χ1) is 7.67. The maximum Gasteiger partial charge on any atom is 0.183 e. The van der Waals surface area contributed by atoms with E-state index < -0.39 is 12.4 Å². The third kappa shape index (κ3) is 3.92. The Labute approximate surface area is 96.0 Å². The van der Waals surface area contributed by atoms with Crippen LogP contribution in [0.3, 0.4) is 0 Å². The Bertz CT molecular complexity index is 295. The van der Waals surface area contributed by atoms with Gasteiger partial charge in [0, 0.05) is 32.9 Å². The molecular weight excluding hydrogens is 208 g/mol. The molecule has 0 radical (unpaired) electrons. The Kier molecular flexibility index (Phi) is 5.45. The molecule has 1 aromatic heterocycles. The van der Waals surface area contributed by atoms with Crippen LogP contribution in [0.5, 0.6) is 0 Å². The summed E-state index contributed by atoms with van der Waals surface area (Å²) in [7, 11) is 1.85. The fraction of sp³-hybridized carbons (Fsp3) is 0.727. The van der Waals surface area contributed by atoms with Crippen LogP contribution in [-0.4, -0.2) is 40.5 Å². The Morgan fingerprint density at radius 1 is 1.38 bits per heavy atom. The molecule has 92 valence electrons. The minimum atomic E-state index is -0.685. The summed E-state index contributed by atoms with van der Waals surface area (Å²) in [6.07, 6.45) is 1.02. The maximum absolute atomic E-state index is 9.93. The molecule has 0 saturated carbocycles. The second-order valence-corrected chi connectivity index (χ2v) is 3.53. The SMILES string of the molecule is CCOC(OCC)C(O)Cc1ccn(C)n1. The first kappa shape index (κ1) is 13.2. The van der Waals surface area contributed by atoms with Gasteiger partial charge in [0.1, 0.15) is 6.10 Å². The van der Waals surface area contributed by atoms with Crippen LogP contribution >= 0.6 is 0 Å². The van der Waals surface area contributed by atoms with Crippen LogP contribution in [0.25, 0.3) is 0 Å². The molecule has 1 heterocycles. The molecule has 0 aromatic carbocycles. The quantitative estimate of drug-likeness (QED) is 0.699. The van der Waals surface area contributed by atoms with Crippen LogP contribution in [0.15, 0.2) is 12.3 Å². The predicted octanol–water partition coefficient (Wildman–Crippen LogP) is 0.723. The fourth-order valence-electron chi connectivity index (χ4n) is 1.48. The monoisotopic (exact) mass is 228 g/mol. The van der Waals surface area contributed by atoms with E-state index in [9.17, 15) is 5.11 Å². The van der Waals surface area contributed by atoms with E-state index in [0.29, 0.717) is 19.6 Å². The largest absolute Gasteiger partial charge is 0.387 e. The number of aromatic nitrogens is 2. The Morgan fingerprint density at radius 3 is 2.44 bits per heavy atom. The lowest BCUT2D eigenvalue weighted by molar-refractivity contribution is -0.189. The summed E-state index contributed by atoms with van der Waals surface area (Å²) in [5, 5.41) is 14.1. The number of hydrogen-bond donors (Lipinski definition) is 1. The Hall–Kier alpha value is -0.910. The molecule has 1 rings (SSSR count). The zero-order valence-electron chi connectivity index (χ0n) is 10.1. The highest BCUT2D eigenvalue weighted by Gasteiger charge is 2.20. The third-order valence-corrected chi connectivity index (χ3v) is 2.16. The zero-order valence-corrected chi connectivity index (χ0v) is 10.1. The number of ether oxygens (including phenoxy) is 2. The van der Waals surface area contributed by atoms with Crippen LogP contribution in [0, 0.1) is 0 Å². The van der Waals surface area contributed by atoms with E-state index in [4.69, 9.17) is 9.47 Å². The molecule has 0 aliphatic heterocycles. The van der Waals surface area contributed by atoms with E-state index in [-0.39, 0.29) is 0 Å². The average Bonchev–Trinajstić information content (AvgIpc) is 2.63. The number of aliphatic hydroxyl groups is 1. The molecule has 1 unspecified atom stereocenters. The third-order valence-electron chi connectivity index (χ3n) is 2.16. The van der Waals surface area contributed by atoms with Crippen molar-refractivity contribution in [3.8, 4) is 0 Å². The van der Waals surface area contributed by atoms with E-state index in [0.717, 1.165) is 5.69 Å². The van der Waals surface area contributed by atoms with Crippen molar-refractivity contribution in [2.45, 2.75) is 32.7 Å². The van der Waals surface area contributed by atoms with Crippen molar-refractivity contribution in [1.29, 1.82) is 0 Å². The van der Waals surface area contributed by atoms with Crippen molar-refractivity contribution in [2.75, 3.05) is 13.2 Å². The molecule has 1 N–H and O–H groups in total. The molecule has 0 spiro atoms. The van der Waals surface area contributed by atoms with Gasteiger partial charge in [0.25, 0.3) is 0 Å². The molecule has 0 bridgehead atoms. The van der Waals surface area contributed by atoms with E-state index >= 15 is 0 Å². The topological polar surface area (TPSA) is 56.5 Å². The summed E-state index contributed by atoms with van der Waals surface area (Å²) < 4.78 is 12.3. The molecule has 0 amide bonds. The van der Waals surface area contributed by atoms with Gasteiger partial charge < -0.3 is 14.6 Å². The molecule has 1 atom stereocenters. The lowest BCUT2D eigenvalue weighted by Gasteiger charge is -2.21. The lowest BCUT2D eigenvalue weighted by Crippen LogP contribution is -2.33. The second kappa shape index (κ2) is 6.62. The molecule has 5 nitrogen and oxygen atoms in total. The summed E-state index contributed by atoms with van der Waals surface area (Å²) in [5.41, 5.74) is 0.833. The number of rotatable bonds is 7. The first-order valence-corrected chi connectivity index (χ1v) is 5.57. The predicted molar refractivity (Wildman–Crippen MR) is 60.0 cm³/mol. The minimum Gasteiger partial charge on any atom is -0.387 e. The van der Waals surface area contributed by atoms with Crippen molar-refractivity contribution in [1.82, 2.24) is 9.78 Å². The summed E-state index contributed by atoms with van der Waals surface area (Å²) in [5.74, 6) is 0. The van der Waals surface area contributed by atoms with Crippen molar-refractivity contribution >= 4 is 0 Å². The zero-order chi connectivity index (χ0) is 12.0. The molecule has 0 aliphatic rings. The highest BCUT2D eigenvalue weighted by molar-refractivity contribution is 5.00. The number of nitrogens with zero attached hydrogens (tertiary/aromatic N) is 2. The normalized spacial score (nSPS) is 13.3. The summed E-state index contributed by atoms with van der Waals surface area (Å²) in [4.78, 5) is 0. The lowest BCUT2D eigenvalue weighted by atomic mass is 10.2. The highest BCUT2D eigenvalue weighted by Crippen LogP contribution is 2.08. The van der Waals surface area contributed by atoms with Gasteiger partial charge in [-0.3, -0.25) is 4.68 Å². The Balaban J connectivity index is 2.50. The molecular formula is C11H20N2O3. The number of hydrogen-bond acceptors (Lipinski definition) is 4. The van der Waals surface area contributed by atoms with Gasteiger partial charge in [-0.25, -0.2) is 0 Å². The molecule has 16 heavy (non-hydrogen) atoms.